The van der Waals surface area contributed by atoms with Gasteiger partial charge in [0.15, 0.2) is 5.13 Å². The van der Waals surface area contributed by atoms with Gasteiger partial charge in [-0.3, -0.25) is 4.79 Å². The van der Waals surface area contributed by atoms with Crippen LogP contribution in [0.25, 0.3) is 0 Å². The van der Waals surface area contributed by atoms with Crippen molar-refractivity contribution in [2.24, 2.45) is 0 Å². The number of aryl methyl sites for hydroxylation is 1. The maximum atomic E-state index is 12.1. The first kappa shape index (κ1) is 13.4. The van der Waals surface area contributed by atoms with Gasteiger partial charge in [-0.25, -0.2) is 9.78 Å². The van der Waals surface area contributed by atoms with Crippen molar-refractivity contribution in [2.75, 3.05) is 12.8 Å². The number of nitrogens with two attached hydrogens (primary N) is 1. The Morgan fingerprint density at radius 3 is 2.53 bits per heavy atom. The van der Waals surface area contributed by atoms with Crippen molar-refractivity contribution in [1.82, 2.24) is 9.88 Å². The number of amides is 1. The average Bonchev–Trinajstić information content (AvgIpc) is 2.57. The van der Waals surface area contributed by atoms with Crippen LogP contribution in [-0.2, 0) is 4.79 Å². The standard InChI is InChI=1S/C10H15N3O3S/c1-4-6(9(15)16)13(3)8(14)7-5(2)12-10(11)17-7/h6H,4H2,1-3H3,(H2,11,12)(H,15,16). The van der Waals surface area contributed by atoms with Gasteiger partial charge in [0.2, 0.25) is 0 Å². The molecule has 1 atom stereocenters. The predicted molar refractivity (Wildman–Crippen MR) is 65.1 cm³/mol. The first-order chi connectivity index (χ1) is 7.88. The molecule has 0 fully saturated rings. The topological polar surface area (TPSA) is 96.5 Å². The molecule has 1 heterocycles. The van der Waals surface area contributed by atoms with E-state index in [1.807, 2.05) is 0 Å². The Labute approximate surface area is 103 Å². The van der Waals surface area contributed by atoms with Crippen molar-refractivity contribution >= 4 is 28.3 Å². The molecule has 1 aromatic rings. The summed E-state index contributed by atoms with van der Waals surface area (Å²) in [5, 5.41) is 9.29. The molecule has 1 rings (SSSR count). The van der Waals surface area contributed by atoms with Crippen LogP contribution in [0.15, 0.2) is 0 Å². The monoisotopic (exact) mass is 257 g/mol. The summed E-state index contributed by atoms with van der Waals surface area (Å²) in [6.45, 7) is 3.39. The minimum Gasteiger partial charge on any atom is -0.480 e. The van der Waals surface area contributed by atoms with Gasteiger partial charge in [0, 0.05) is 7.05 Å². The molecule has 7 heteroatoms. The van der Waals surface area contributed by atoms with E-state index >= 15 is 0 Å². The van der Waals surface area contributed by atoms with Crippen LogP contribution in [0.2, 0.25) is 0 Å². The lowest BCUT2D eigenvalue weighted by atomic mass is 10.2. The number of hydrogen-bond donors (Lipinski definition) is 2. The Hall–Kier alpha value is -1.63. The van der Waals surface area contributed by atoms with E-state index in [4.69, 9.17) is 10.8 Å². The highest BCUT2D eigenvalue weighted by molar-refractivity contribution is 7.17. The zero-order valence-electron chi connectivity index (χ0n) is 9.93. The third-order valence-corrected chi connectivity index (χ3v) is 3.44. The van der Waals surface area contributed by atoms with Gasteiger partial charge in [-0.15, -0.1) is 0 Å². The summed E-state index contributed by atoms with van der Waals surface area (Å²) in [5.41, 5.74) is 6.04. The van der Waals surface area contributed by atoms with Gasteiger partial charge in [-0.2, -0.15) is 0 Å². The van der Waals surface area contributed by atoms with Crippen LogP contribution in [0.3, 0.4) is 0 Å². The number of rotatable bonds is 4. The largest absolute Gasteiger partial charge is 0.480 e. The van der Waals surface area contributed by atoms with Crippen molar-refractivity contribution in [1.29, 1.82) is 0 Å². The number of carboxylic acid groups (broad SMARTS) is 1. The van der Waals surface area contributed by atoms with E-state index in [-0.39, 0.29) is 5.91 Å². The fourth-order valence-electron chi connectivity index (χ4n) is 1.53. The number of anilines is 1. The second-order valence-corrected chi connectivity index (χ2v) is 4.68. The molecule has 0 spiro atoms. The molecule has 1 unspecified atom stereocenters. The van der Waals surface area contributed by atoms with Crippen LogP contribution in [0.5, 0.6) is 0 Å². The number of hydrogen-bond acceptors (Lipinski definition) is 5. The molecule has 0 aliphatic carbocycles. The lowest BCUT2D eigenvalue weighted by molar-refractivity contribution is -0.142. The maximum absolute atomic E-state index is 12.1. The quantitative estimate of drug-likeness (QED) is 0.837. The lowest BCUT2D eigenvalue weighted by Crippen LogP contribution is -2.41. The van der Waals surface area contributed by atoms with Crippen molar-refractivity contribution in [3.8, 4) is 0 Å². The van der Waals surface area contributed by atoms with Gasteiger partial charge in [-0.05, 0) is 13.3 Å². The van der Waals surface area contributed by atoms with Crippen molar-refractivity contribution in [3.05, 3.63) is 10.6 Å². The van der Waals surface area contributed by atoms with Gasteiger partial charge >= 0.3 is 5.97 Å². The summed E-state index contributed by atoms with van der Waals surface area (Å²) in [6, 6.07) is -0.828. The van der Waals surface area contributed by atoms with Gasteiger partial charge in [0.1, 0.15) is 10.9 Å². The molecular weight excluding hydrogens is 242 g/mol. The number of carboxylic acids is 1. The SMILES string of the molecule is CCC(C(=O)O)N(C)C(=O)c1sc(N)nc1C. The number of carbonyl (C=O) groups excluding carboxylic acids is 1. The molecule has 3 N–H and O–H groups in total. The minimum atomic E-state index is -1.02. The Morgan fingerprint density at radius 1 is 1.59 bits per heavy atom. The molecule has 1 amide bonds. The molecular formula is C10H15N3O3S. The molecule has 17 heavy (non-hydrogen) atoms. The highest BCUT2D eigenvalue weighted by Crippen LogP contribution is 2.22. The van der Waals surface area contributed by atoms with Crippen LogP contribution < -0.4 is 5.73 Å². The summed E-state index contributed by atoms with van der Waals surface area (Å²) in [6.07, 6.45) is 0.352. The second-order valence-electron chi connectivity index (χ2n) is 3.64. The number of nitrogen functional groups attached to an aromatic ring is 1. The van der Waals surface area contributed by atoms with E-state index in [0.29, 0.717) is 22.1 Å². The first-order valence-electron chi connectivity index (χ1n) is 5.11. The van der Waals surface area contributed by atoms with Crippen LogP contribution in [0, 0.1) is 6.92 Å². The summed E-state index contributed by atoms with van der Waals surface area (Å²) in [7, 11) is 1.47. The van der Waals surface area contributed by atoms with E-state index < -0.39 is 12.0 Å². The Kier molecular flexibility index (Phi) is 4.06. The number of thiazole rings is 1. The average molecular weight is 257 g/mol. The number of nitrogens with zero attached hydrogens (tertiary/aromatic N) is 2. The molecule has 1 aromatic heterocycles. The minimum absolute atomic E-state index is 0.308. The normalized spacial score (nSPS) is 12.2. The third-order valence-electron chi connectivity index (χ3n) is 2.47. The molecule has 0 aliphatic heterocycles. The highest BCUT2D eigenvalue weighted by Gasteiger charge is 2.27. The van der Waals surface area contributed by atoms with Crippen LogP contribution in [-0.4, -0.2) is 40.0 Å². The van der Waals surface area contributed by atoms with E-state index in [1.54, 1.807) is 13.8 Å². The summed E-state index contributed by atoms with van der Waals surface area (Å²) < 4.78 is 0. The Balaban J connectivity index is 2.97. The molecule has 0 aliphatic rings. The Morgan fingerprint density at radius 2 is 2.18 bits per heavy atom. The Bertz CT molecular complexity index is 444. The van der Waals surface area contributed by atoms with Gasteiger partial charge < -0.3 is 15.7 Å². The van der Waals surface area contributed by atoms with E-state index in [1.165, 1.54) is 11.9 Å². The molecule has 0 radical (unpaired) electrons. The van der Waals surface area contributed by atoms with Crippen molar-refractivity contribution in [2.45, 2.75) is 26.3 Å². The summed E-state index contributed by atoms with van der Waals surface area (Å²) >= 11 is 1.07. The van der Waals surface area contributed by atoms with E-state index in [9.17, 15) is 9.59 Å². The molecule has 0 bridgehead atoms. The molecule has 0 saturated carbocycles. The predicted octanol–water partition coefficient (Wildman–Crippen LogP) is 0.969. The third kappa shape index (κ3) is 2.73. The lowest BCUT2D eigenvalue weighted by Gasteiger charge is -2.23. The number of carbonyl (C=O) groups is 2. The van der Waals surface area contributed by atoms with Crippen molar-refractivity contribution < 1.29 is 14.7 Å². The van der Waals surface area contributed by atoms with Gasteiger partial charge in [0.25, 0.3) is 5.91 Å². The van der Waals surface area contributed by atoms with Crippen LogP contribution in [0.4, 0.5) is 5.13 Å². The van der Waals surface area contributed by atoms with E-state index in [0.717, 1.165) is 11.3 Å². The van der Waals surface area contributed by atoms with Crippen LogP contribution in [0.1, 0.15) is 28.7 Å². The fraction of sp³-hybridized carbons (Fsp3) is 0.500. The fourth-order valence-corrected chi connectivity index (χ4v) is 2.35. The maximum Gasteiger partial charge on any atom is 0.326 e. The summed E-state index contributed by atoms with van der Waals surface area (Å²) in [5.74, 6) is -1.37. The zero-order valence-corrected chi connectivity index (χ0v) is 10.7. The molecule has 6 nitrogen and oxygen atoms in total. The number of aliphatic carboxylic acids is 1. The number of likely N-dealkylation sites (N-methyl/N-ethyl adjacent to an activating group) is 1. The smallest absolute Gasteiger partial charge is 0.326 e. The van der Waals surface area contributed by atoms with E-state index in [2.05, 4.69) is 4.98 Å². The molecule has 0 aromatic carbocycles. The zero-order chi connectivity index (χ0) is 13.2. The van der Waals surface area contributed by atoms with Crippen LogP contribution >= 0.6 is 11.3 Å². The second kappa shape index (κ2) is 5.13. The highest BCUT2D eigenvalue weighted by atomic mass is 32.1. The van der Waals surface area contributed by atoms with Gasteiger partial charge in [0.05, 0.1) is 5.69 Å². The first-order valence-corrected chi connectivity index (χ1v) is 5.93. The molecule has 0 saturated heterocycles. The molecule has 94 valence electrons. The number of aromatic nitrogens is 1. The van der Waals surface area contributed by atoms with Crippen molar-refractivity contribution in [3.63, 3.8) is 0 Å². The van der Waals surface area contributed by atoms with Gasteiger partial charge in [-0.1, -0.05) is 18.3 Å². The summed E-state index contributed by atoms with van der Waals surface area (Å²) in [4.78, 5) is 28.6.